The minimum Gasteiger partial charge on any atom is -0.520 e. The summed E-state index contributed by atoms with van der Waals surface area (Å²) < 4.78 is 5.25. The standard InChI is InChI=1S/C11H15NO4Si/c1-17(2,3)16-11(13)8-9-6-4-5-7-10(9)12(14)15/h4-7H,8H2,1-3H3. The fraction of sp³-hybridized carbons (Fsp3) is 0.364. The third-order valence-electron chi connectivity index (χ3n) is 1.94. The van der Waals surface area contributed by atoms with E-state index < -0.39 is 19.2 Å². The van der Waals surface area contributed by atoms with E-state index in [2.05, 4.69) is 0 Å². The molecule has 1 aromatic carbocycles. The smallest absolute Gasteiger partial charge is 0.297 e. The molecule has 1 rings (SSSR count). The summed E-state index contributed by atoms with van der Waals surface area (Å²) >= 11 is 0. The highest BCUT2D eigenvalue weighted by molar-refractivity contribution is 6.71. The lowest BCUT2D eigenvalue weighted by Gasteiger charge is -2.17. The van der Waals surface area contributed by atoms with Gasteiger partial charge < -0.3 is 4.43 Å². The summed E-state index contributed by atoms with van der Waals surface area (Å²) in [5.74, 6) is -0.404. The number of nitro groups is 1. The Balaban J connectivity index is 2.82. The topological polar surface area (TPSA) is 69.4 Å². The summed E-state index contributed by atoms with van der Waals surface area (Å²) in [5, 5.41) is 10.8. The molecule has 0 saturated heterocycles. The summed E-state index contributed by atoms with van der Waals surface area (Å²) in [6, 6.07) is 6.20. The minimum absolute atomic E-state index is 0.0416. The third kappa shape index (κ3) is 4.35. The van der Waals surface area contributed by atoms with Crippen molar-refractivity contribution in [2.75, 3.05) is 0 Å². The molecule has 92 valence electrons. The van der Waals surface area contributed by atoms with Crippen LogP contribution in [0.25, 0.3) is 0 Å². The predicted octanol–water partition coefficient (Wildman–Crippen LogP) is 2.52. The van der Waals surface area contributed by atoms with Gasteiger partial charge in [0.05, 0.1) is 11.3 Å². The second-order valence-electron chi connectivity index (χ2n) is 4.65. The Bertz CT molecular complexity index is 439. The van der Waals surface area contributed by atoms with E-state index in [1.807, 2.05) is 19.6 Å². The van der Waals surface area contributed by atoms with Crippen LogP contribution in [0.3, 0.4) is 0 Å². The van der Waals surface area contributed by atoms with Gasteiger partial charge in [-0.2, -0.15) is 0 Å². The Labute approximate surface area is 101 Å². The van der Waals surface area contributed by atoms with Gasteiger partial charge in [-0.05, 0) is 19.6 Å². The van der Waals surface area contributed by atoms with E-state index in [-0.39, 0.29) is 12.1 Å². The van der Waals surface area contributed by atoms with E-state index in [9.17, 15) is 14.9 Å². The number of carbonyl (C=O) groups excluding carboxylic acids is 1. The Kier molecular flexibility index (Phi) is 4.00. The molecule has 0 radical (unpaired) electrons. The van der Waals surface area contributed by atoms with Crippen LogP contribution in [0.15, 0.2) is 24.3 Å². The van der Waals surface area contributed by atoms with Crippen LogP contribution >= 0.6 is 0 Å². The molecule has 0 aliphatic carbocycles. The number of carbonyl (C=O) groups is 1. The number of hydrogen-bond donors (Lipinski definition) is 0. The van der Waals surface area contributed by atoms with Crippen LogP contribution in [0.1, 0.15) is 5.56 Å². The third-order valence-corrected chi connectivity index (χ3v) is 2.78. The number of benzene rings is 1. The number of hydrogen-bond acceptors (Lipinski definition) is 4. The summed E-state index contributed by atoms with van der Waals surface area (Å²) in [7, 11) is -1.94. The fourth-order valence-electron chi connectivity index (χ4n) is 1.37. The van der Waals surface area contributed by atoms with E-state index in [1.54, 1.807) is 18.2 Å². The summed E-state index contributed by atoms with van der Waals surface area (Å²) in [4.78, 5) is 21.9. The number of nitro benzene ring substituents is 1. The molecule has 0 N–H and O–H groups in total. The van der Waals surface area contributed by atoms with Gasteiger partial charge in [-0.1, -0.05) is 18.2 Å². The molecule has 0 amide bonds. The quantitative estimate of drug-likeness (QED) is 0.469. The van der Waals surface area contributed by atoms with E-state index in [1.165, 1.54) is 6.07 Å². The molecule has 0 atom stereocenters. The van der Waals surface area contributed by atoms with Crippen LogP contribution in [0.2, 0.25) is 19.6 Å². The lowest BCUT2D eigenvalue weighted by Crippen LogP contribution is -2.30. The van der Waals surface area contributed by atoms with Gasteiger partial charge in [-0.15, -0.1) is 0 Å². The molecule has 6 heteroatoms. The first-order valence-electron chi connectivity index (χ1n) is 5.24. The lowest BCUT2D eigenvalue weighted by atomic mass is 10.1. The van der Waals surface area contributed by atoms with Gasteiger partial charge in [0.25, 0.3) is 11.7 Å². The van der Waals surface area contributed by atoms with Crippen molar-refractivity contribution >= 4 is 20.0 Å². The molecule has 0 saturated carbocycles. The van der Waals surface area contributed by atoms with Crippen molar-refractivity contribution in [3.05, 3.63) is 39.9 Å². The largest absolute Gasteiger partial charge is 0.520 e. The first-order valence-corrected chi connectivity index (χ1v) is 8.64. The Morgan fingerprint density at radius 1 is 1.35 bits per heavy atom. The maximum Gasteiger partial charge on any atom is 0.297 e. The van der Waals surface area contributed by atoms with Crippen molar-refractivity contribution in [3.8, 4) is 0 Å². The number of para-hydroxylation sites is 1. The lowest BCUT2D eigenvalue weighted by molar-refractivity contribution is -0.385. The second kappa shape index (κ2) is 5.09. The number of rotatable bonds is 4. The first kappa shape index (κ1) is 13.4. The molecule has 5 nitrogen and oxygen atoms in total. The molecule has 0 spiro atoms. The Morgan fingerprint density at radius 3 is 2.47 bits per heavy atom. The number of nitrogens with zero attached hydrogens (tertiary/aromatic N) is 1. The average molecular weight is 253 g/mol. The van der Waals surface area contributed by atoms with Crippen LogP contribution in [0.5, 0.6) is 0 Å². The van der Waals surface area contributed by atoms with Gasteiger partial charge in [0.15, 0.2) is 0 Å². The van der Waals surface area contributed by atoms with Crippen LogP contribution in [0.4, 0.5) is 5.69 Å². The summed E-state index contributed by atoms with van der Waals surface area (Å²) in [6.45, 7) is 5.68. The van der Waals surface area contributed by atoms with Gasteiger partial charge in [0.1, 0.15) is 0 Å². The van der Waals surface area contributed by atoms with Crippen LogP contribution in [0, 0.1) is 10.1 Å². The molecule has 17 heavy (non-hydrogen) atoms. The molecular formula is C11H15NO4Si. The molecular weight excluding hydrogens is 238 g/mol. The Hall–Kier alpha value is -1.69. The maximum atomic E-state index is 11.6. The molecule has 0 unspecified atom stereocenters. The highest BCUT2D eigenvalue weighted by Crippen LogP contribution is 2.19. The molecule has 0 aliphatic rings. The van der Waals surface area contributed by atoms with E-state index in [0.717, 1.165) is 0 Å². The van der Waals surface area contributed by atoms with Crippen molar-refractivity contribution in [2.45, 2.75) is 26.1 Å². The normalized spacial score (nSPS) is 11.0. The van der Waals surface area contributed by atoms with Crippen molar-refractivity contribution in [3.63, 3.8) is 0 Å². The van der Waals surface area contributed by atoms with Gasteiger partial charge in [0.2, 0.25) is 8.32 Å². The second-order valence-corrected chi connectivity index (χ2v) is 9.08. The van der Waals surface area contributed by atoms with Crippen molar-refractivity contribution < 1.29 is 14.1 Å². The zero-order chi connectivity index (χ0) is 13.1. The minimum atomic E-state index is -1.94. The van der Waals surface area contributed by atoms with E-state index >= 15 is 0 Å². The predicted molar refractivity (Wildman–Crippen MR) is 66.2 cm³/mol. The highest BCUT2D eigenvalue weighted by Gasteiger charge is 2.22. The van der Waals surface area contributed by atoms with Gasteiger partial charge in [-0.3, -0.25) is 14.9 Å². The van der Waals surface area contributed by atoms with Crippen molar-refractivity contribution in [1.82, 2.24) is 0 Å². The molecule has 0 fully saturated rings. The first-order chi connectivity index (χ1) is 7.79. The summed E-state index contributed by atoms with van der Waals surface area (Å²) in [6.07, 6.45) is -0.0541. The SMILES string of the molecule is C[Si](C)(C)OC(=O)Cc1ccccc1[N+](=O)[O-]. The summed E-state index contributed by atoms with van der Waals surface area (Å²) in [5.41, 5.74) is 0.348. The average Bonchev–Trinajstić information content (AvgIpc) is 2.14. The van der Waals surface area contributed by atoms with Gasteiger partial charge in [0, 0.05) is 11.6 Å². The van der Waals surface area contributed by atoms with Gasteiger partial charge >= 0.3 is 0 Å². The van der Waals surface area contributed by atoms with Crippen LogP contribution < -0.4 is 0 Å². The molecule has 0 aliphatic heterocycles. The zero-order valence-corrected chi connectivity index (χ0v) is 11.1. The van der Waals surface area contributed by atoms with Crippen molar-refractivity contribution in [2.24, 2.45) is 0 Å². The van der Waals surface area contributed by atoms with E-state index in [0.29, 0.717) is 5.56 Å². The fourth-order valence-corrected chi connectivity index (χ4v) is 2.13. The highest BCUT2D eigenvalue weighted by atomic mass is 28.4. The van der Waals surface area contributed by atoms with E-state index in [4.69, 9.17) is 4.43 Å². The monoisotopic (exact) mass is 253 g/mol. The zero-order valence-electron chi connectivity index (χ0n) is 10.1. The maximum absolute atomic E-state index is 11.6. The molecule has 1 aromatic rings. The molecule has 0 bridgehead atoms. The van der Waals surface area contributed by atoms with Crippen LogP contribution in [-0.2, 0) is 15.6 Å². The van der Waals surface area contributed by atoms with Crippen LogP contribution in [-0.4, -0.2) is 19.2 Å². The Morgan fingerprint density at radius 2 is 1.94 bits per heavy atom. The molecule has 0 heterocycles. The van der Waals surface area contributed by atoms with Gasteiger partial charge in [-0.25, -0.2) is 0 Å². The van der Waals surface area contributed by atoms with Crippen molar-refractivity contribution in [1.29, 1.82) is 0 Å². The molecule has 0 aromatic heterocycles.